The summed E-state index contributed by atoms with van der Waals surface area (Å²) in [6.07, 6.45) is -4.02. The predicted molar refractivity (Wildman–Crippen MR) is 433 cm³/mol. The molecule has 0 radical (unpaired) electrons. The van der Waals surface area contributed by atoms with Crippen LogP contribution in [0.4, 0.5) is 64.1 Å². The number of aryl methyl sites for hydroxylation is 4. The van der Waals surface area contributed by atoms with E-state index in [1.54, 1.807) is 35.0 Å². The van der Waals surface area contributed by atoms with Crippen molar-refractivity contribution in [1.82, 2.24) is 78.7 Å². The van der Waals surface area contributed by atoms with Gasteiger partial charge in [-0.05, 0) is 147 Å². The average Bonchev–Trinajstić information content (AvgIpc) is 1.28. The number of amides is 4. The highest BCUT2D eigenvalue weighted by Gasteiger charge is 2.34. The highest BCUT2D eigenvalue weighted by molar-refractivity contribution is 5.99. The molecule has 4 aromatic carbocycles. The van der Waals surface area contributed by atoms with Gasteiger partial charge in [0.25, 0.3) is 46.9 Å². The lowest BCUT2D eigenvalue weighted by Gasteiger charge is -2.23. The molecule has 120 heavy (non-hydrogen) atoms. The summed E-state index contributed by atoms with van der Waals surface area (Å²) in [5.74, 6) is -6.98. The molecule has 4 unspecified atom stereocenters. The topological polar surface area (TPSA) is 363 Å². The van der Waals surface area contributed by atoms with E-state index >= 15 is 0 Å². The molecule has 8 aromatic heterocycles. The van der Waals surface area contributed by atoms with Crippen LogP contribution in [0.15, 0.2) is 122 Å². The molecule has 4 amide bonds. The van der Waals surface area contributed by atoms with E-state index in [-0.39, 0.29) is 162 Å². The van der Waals surface area contributed by atoms with Crippen molar-refractivity contribution in [1.29, 1.82) is 0 Å². The van der Waals surface area contributed by atoms with Gasteiger partial charge in [0.2, 0.25) is 0 Å². The Hall–Kier alpha value is -15.7. The quantitative estimate of drug-likeness (QED) is 0.0809. The molecule has 8 bridgehead atoms. The third kappa shape index (κ3) is 16.0. The maximum atomic E-state index is 14.4. The van der Waals surface area contributed by atoms with Crippen LogP contribution in [-0.4, -0.2) is 130 Å². The van der Waals surface area contributed by atoms with Gasteiger partial charge in [0.15, 0.2) is 46.3 Å². The smallest absolute Gasteiger partial charge is 0.260 e. The van der Waals surface area contributed by atoms with Gasteiger partial charge in [-0.2, -0.15) is 0 Å². The van der Waals surface area contributed by atoms with Crippen molar-refractivity contribution >= 4 is 70.2 Å². The summed E-state index contributed by atoms with van der Waals surface area (Å²) < 4.78 is 209. The van der Waals surface area contributed by atoms with Crippen molar-refractivity contribution in [3.05, 3.63) is 258 Å². The van der Waals surface area contributed by atoms with Gasteiger partial charge >= 0.3 is 0 Å². The molecule has 608 valence electrons. The molecule has 0 saturated carbocycles. The zero-order chi connectivity index (χ0) is 99.2. The molecule has 12 heterocycles. The molecule has 32 nitrogen and oxygen atoms in total. The third-order valence-electron chi connectivity index (χ3n) is 19.1. The zero-order valence-electron chi connectivity index (χ0n) is 79.7. The Morgan fingerprint density at radius 3 is 1.11 bits per heavy atom. The van der Waals surface area contributed by atoms with Crippen LogP contribution in [0.5, 0.6) is 23.0 Å². The van der Waals surface area contributed by atoms with Gasteiger partial charge in [0.05, 0.1) is 62.5 Å². The fourth-order valence-electron chi connectivity index (χ4n) is 13.4. The number of fused-ring (bicyclic) bond motifs is 20. The molecular formula is C84H76F4N24O8. The molecule has 4 aliphatic rings. The van der Waals surface area contributed by atoms with Crippen LogP contribution < -0.4 is 41.9 Å². The molecule has 36 heteroatoms. The maximum absolute atomic E-state index is 14.4. The van der Waals surface area contributed by atoms with Crippen molar-refractivity contribution < 1.29 is 76.2 Å². The van der Waals surface area contributed by atoms with Crippen LogP contribution in [0, 0.1) is 49.6 Å². The van der Waals surface area contributed by atoms with E-state index in [2.05, 4.69) is 59.7 Å². The second-order valence-electron chi connectivity index (χ2n) is 27.1. The second-order valence-corrected chi connectivity index (χ2v) is 27.1. The number of halogens is 4. The van der Waals surface area contributed by atoms with Crippen LogP contribution >= 0.6 is 0 Å². The summed E-state index contributed by atoms with van der Waals surface area (Å²) in [7, 11) is 10.4. The number of aromatic nitrogens is 12. The summed E-state index contributed by atoms with van der Waals surface area (Å²) in [6, 6.07) is 16.5. The van der Waals surface area contributed by atoms with Crippen LogP contribution in [0.25, 0.3) is 63.9 Å². The number of benzene rings is 4. The first-order valence-electron chi connectivity index (χ1n) is 43.0. The SMILES string of the molecule is [2H]C([2H])([2H])C1([2H])Oc2cc(cnc2N)-c2c(nn(C)c2[N+]#[C-])CN(C)C(=O)c2ccc(F)cc21.[2H]C([2H])([2H])N1Cc2nn(C)c([N+]#[C-])c2-c2cnc(N)c(c2)OC([2H])(C([2H])([2H])[2H])c2cc(F)ccc2C1=O.[2H]C1([2H])c2nn(C)c([N+]#[C-])c2-c2cnc(N)c(c2)OC(C)c2cc(F)ccc2C(=O)N1C.[2H]c1nc(N)c2c([2H])c1-c1c(nn(C)c1[N+]#[C-])CN(C)C(=O)c1ccc(F)cc1C(C)O2. The van der Waals surface area contributed by atoms with Crippen LogP contribution in [-0.2, 0) is 54.3 Å². The van der Waals surface area contributed by atoms with E-state index in [9.17, 15) is 36.7 Å². The Labute approximate surface area is 705 Å². The lowest BCUT2D eigenvalue weighted by atomic mass is 10.0. The largest absolute Gasteiger partial charge is 0.482 e. The number of nitrogens with two attached hydrogens (primary N) is 4. The van der Waals surface area contributed by atoms with Gasteiger partial charge in [0.1, 0.15) is 70.4 Å². The summed E-state index contributed by atoms with van der Waals surface area (Å²) in [6.45, 7) is 20.8. The molecule has 0 spiro atoms. The molecule has 0 fully saturated rings. The molecule has 4 aliphatic heterocycles. The summed E-state index contributed by atoms with van der Waals surface area (Å²) in [4.78, 5) is 87.7. The number of hydrogen-bond donors (Lipinski definition) is 4. The number of nitrogen functional groups attached to an aromatic ring is 4. The van der Waals surface area contributed by atoms with Crippen molar-refractivity contribution in [2.75, 3.05) is 51.1 Å². The number of hydrogen-bond acceptors (Lipinski definition) is 20. The van der Waals surface area contributed by atoms with Crippen LogP contribution in [0.3, 0.4) is 0 Å². The maximum Gasteiger partial charge on any atom is 0.260 e. The molecule has 12 aromatic rings. The Morgan fingerprint density at radius 1 is 0.425 bits per heavy atom. The van der Waals surface area contributed by atoms with Gasteiger partial charge in [-0.25, -0.2) is 56.2 Å². The fourth-order valence-corrected chi connectivity index (χ4v) is 13.4. The van der Waals surface area contributed by atoms with E-state index in [0.717, 1.165) is 41.3 Å². The molecular weight excluding hydrogens is 1550 g/mol. The van der Waals surface area contributed by atoms with E-state index in [4.69, 9.17) is 88.7 Å². The minimum atomic E-state index is -3.33. The number of rotatable bonds is 0. The molecule has 0 saturated heterocycles. The Kier molecular flexibility index (Phi) is 17.9. The first-order chi connectivity index (χ1) is 63.1. The average molecular weight is 1640 g/mol. The fraction of sp³-hybridized carbons (Fsp3) is 0.238. The lowest BCUT2D eigenvalue weighted by molar-refractivity contribution is 0.0771. The number of carbonyl (C=O) groups is 4. The second kappa shape index (κ2) is 33.2. The number of carbonyl (C=O) groups excluding carboxylic acids is 4. The zero-order valence-corrected chi connectivity index (χ0v) is 64.7. The summed E-state index contributed by atoms with van der Waals surface area (Å²) in [5.41, 5.74) is 24.8. The molecule has 4 atom stereocenters. The van der Waals surface area contributed by atoms with Crippen molar-refractivity contribution in [2.24, 2.45) is 28.2 Å². The van der Waals surface area contributed by atoms with Gasteiger partial charge in [-0.15, -0.1) is 20.4 Å². The summed E-state index contributed by atoms with van der Waals surface area (Å²) >= 11 is 0. The lowest BCUT2D eigenvalue weighted by Crippen LogP contribution is -2.28. The van der Waals surface area contributed by atoms with E-state index in [1.165, 1.54) is 124 Å². The van der Waals surface area contributed by atoms with Crippen LogP contribution in [0.1, 0.15) is 159 Å². The van der Waals surface area contributed by atoms with E-state index in [0.29, 0.717) is 39.0 Å². The van der Waals surface area contributed by atoms with Gasteiger partial charge in [-0.3, -0.25) is 19.2 Å². The van der Waals surface area contributed by atoms with Crippen molar-refractivity contribution in [3.63, 3.8) is 0 Å². The predicted octanol–water partition coefficient (Wildman–Crippen LogP) is 13.9. The minimum Gasteiger partial charge on any atom is -0.482 e. The molecule has 16 rings (SSSR count). The van der Waals surface area contributed by atoms with Crippen LogP contribution in [0.2, 0.25) is 0 Å². The normalized spacial score (nSPS) is 19.7. The van der Waals surface area contributed by atoms with Gasteiger partial charge in [0, 0.05) is 132 Å². The van der Waals surface area contributed by atoms with Crippen molar-refractivity contribution in [2.45, 2.75) is 78.1 Å². The monoisotopic (exact) mass is 1640 g/mol. The standard InChI is InChI=1S/4C21H19FN6O2/c4*1-11-15-8-13(22)5-6-14(15)21(29)27(3)10-16-18(20(24-2)28(4)26-16)12-7-17(30-11)19(23)25-9-12/h4*5-9,11H,10H2,1,3-4H3,(H2,23,25)/i1D3,3D3,11D;7D,9D;1D3,11D;10D2. The first-order valence-corrected chi connectivity index (χ1v) is 35.5. The van der Waals surface area contributed by atoms with E-state index in [1.807, 2.05) is 0 Å². The Bertz CT molecular complexity index is 7090. The number of ether oxygens (including phenoxy) is 4. The summed E-state index contributed by atoms with van der Waals surface area (Å²) in [5, 5.41) is 17.2. The number of nitrogens with zero attached hydrogens (tertiary/aromatic N) is 20. The third-order valence-corrected chi connectivity index (χ3v) is 19.1. The molecule has 8 N–H and O–H groups in total. The Morgan fingerprint density at radius 2 is 0.733 bits per heavy atom. The highest BCUT2D eigenvalue weighted by Crippen LogP contribution is 2.45. The molecule has 0 aliphatic carbocycles. The minimum absolute atomic E-state index is 0.0117. The number of pyridine rings is 4. The van der Waals surface area contributed by atoms with Gasteiger partial charge in [-0.1, -0.05) is 26.3 Å². The highest BCUT2D eigenvalue weighted by atomic mass is 19.1. The number of anilines is 4. The first kappa shape index (κ1) is 64.5. The van der Waals surface area contributed by atoms with Crippen molar-refractivity contribution in [3.8, 4) is 67.5 Å². The van der Waals surface area contributed by atoms with E-state index < -0.39 is 122 Å². The Balaban J connectivity index is 0.000000153. The van der Waals surface area contributed by atoms with Gasteiger partial charge < -0.3 is 80.9 Å².